The average Bonchev–Trinajstić information content (AvgIpc) is 2.93. The summed E-state index contributed by atoms with van der Waals surface area (Å²) < 4.78 is 0. The minimum Gasteiger partial charge on any atom is -0.369 e. The van der Waals surface area contributed by atoms with Crippen LogP contribution in [0.2, 0.25) is 5.02 Å². The van der Waals surface area contributed by atoms with E-state index in [0.717, 1.165) is 13.1 Å². The summed E-state index contributed by atoms with van der Waals surface area (Å²) in [7, 11) is 1.85. The molecule has 2 rings (SSSR count). The Morgan fingerprint density at radius 3 is 2.80 bits per heavy atom. The van der Waals surface area contributed by atoms with Crippen molar-refractivity contribution in [3.05, 3.63) is 22.8 Å². The molecule has 0 unspecified atom stereocenters. The zero-order valence-corrected chi connectivity index (χ0v) is 12.9. The van der Waals surface area contributed by atoms with E-state index in [1.54, 1.807) is 17.2 Å². The lowest BCUT2D eigenvalue weighted by Gasteiger charge is -2.21. The van der Waals surface area contributed by atoms with Crippen molar-refractivity contribution in [3.8, 4) is 0 Å². The third-order valence-corrected chi connectivity index (χ3v) is 4.07. The lowest BCUT2D eigenvalue weighted by atomic mass is 10.1. The highest BCUT2D eigenvalue weighted by atomic mass is 35.5. The maximum atomic E-state index is 12.4. The Bertz CT molecular complexity index is 472. The molecule has 20 heavy (non-hydrogen) atoms. The van der Waals surface area contributed by atoms with Crippen molar-refractivity contribution in [3.63, 3.8) is 0 Å². The highest BCUT2D eigenvalue weighted by molar-refractivity contribution is 6.33. The highest BCUT2D eigenvalue weighted by Gasteiger charge is 2.20. The number of anilines is 1. The standard InChI is InChI=1S/C15H22ClN3O/c1-3-17-14-13(16)8-12(9-18-14)15(20)19(2)10-11-6-4-5-7-11/h8-9,11H,3-7,10H2,1-2H3,(H,17,18). The zero-order valence-electron chi connectivity index (χ0n) is 12.2. The summed E-state index contributed by atoms with van der Waals surface area (Å²) in [4.78, 5) is 18.4. The van der Waals surface area contributed by atoms with Gasteiger partial charge in [0.15, 0.2) is 0 Å². The summed E-state index contributed by atoms with van der Waals surface area (Å²) in [6.45, 7) is 3.56. The van der Waals surface area contributed by atoms with E-state index in [9.17, 15) is 4.79 Å². The molecule has 1 saturated carbocycles. The number of hydrogen-bond donors (Lipinski definition) is 1. The predicted octanol–water partition coefficient (Wildman–Crippen LogP) is 3.43. The molecule has 4 nitrogen and oxygen atoms in total. The van der Waals surface area contributed by atoms with Crippen LogP contribution in [0.15, 0.2) is 12.3 Å². The van der Waals surface area contributed by atoms with Crippen LogP contribution in [0.4, 0.5) is 5.82 Å². The number of pyridine rings is 1. The monoisotopic (exact) mass is 295 g/mol. The molecular formula is C15H22ClN3O. The van der Waals surface area contributed by atoms with Gasteiger partial charge in [-0.05, 0) is 31.7 Å². The predicted molar refractivity (Wildman–Crippen MR) is 82.3 cm³/mol. The van der Waals surface area contributed by atoms with Gasteiger partial charge in [0, 0.05) is 26.3 Å². The van der Waals surface area contributed by atoms with Crippen LogP contribution in [0.3, 0.4) is 0 Å². The first-order chi connectivity index (χ1) is 9.61. The molecule has 0 aromatic carbocycles. The van der Waals surface area contributed by atoms with Gasteiger partial charge in [-0.2, -0.15) is 0 Å². The van der Waals surface area contributed by atoms with E-state index in [0.29, 0.717) is 22.3 Å². The van der Waals surface area contributed by atoms with Gasteiger partial charge < -0.3 is 10.2 Å². The molecule has 1 N–H and O–H groups in total. The second kappa shape index (κ2) is 6.93. The van der Waals surface area contributed by atoms with Crippen molar-refractivity contribution < 1.29 is 4.79 Å². The zero-order chi connectivity index (χ0) is 14.5. The number of rotatable bonds is 5. The van der Waals surface area contributed by atoms with Crippen molar-refractivity contribution in [1.82, 2.24) is 9.88 Å². The molecule has 0 aliphatic heterocycles. The van der Waals surface area contributed by atoms with Crippen LogP contribution in [-0.2, 0) is 0 Å². The van der Waals surface area contributed by atoms with E-state index in [-0.39, 0.29) is 5.91 Å². The molecule has 1 fully saturated rings. The van der Waals surface area contributed by atoms with E-state index in [2.05, 4.69) is 10.3 Å². The summed E-state index contributed by atoms with van der Waals surface area (Å²) in [5.74, 6) is 1.27. The molecule has 5 heteroatoms. The third kappa shape index (κ3) is 3.63. The molecule has 0 saturated heterocycles. The maximum Gasteiger partial charge on any atom is 0.255 e. The molecule has 1 aromatic rings. The fourth-order valence-electron chi connectivity index (χ4n) is 2.74. The first kappa shape index (κ1) is 15.1. The third-order valence-electron chi connectivity index (χ3n) is 3.79. The van der Waals surface area contributed by atoms with Crippen LogP contribution in [-0.4, -0.2) is 35.9 Å². The molecule has 0 bridgehead atoms. The smallest absolute Gasteiger partial charge is 0.255 e. The van der Waals surface area contributed by atoms with Crippen LogP contribution in [0, 0.1) is 5.92 Å². The summed E-state index contributed by atoms with van der Waals surface area (Å²) in [5.41, 5.74) is 0.553. The number of carbonyl (C=O) groups excluding carboxylic acids is 1. The Morgan fingerprint density at radius 2 is 2.20 bits per heavy atom. The van der Waals surface area contributed by atoms with Gasteiger partial charge in [0.05, 0.1) is 10.6 Å². The molecule has 1 amide bonds. The van der Waals surface area contributed by atoms with Crippen LogP contribution in [0.1, 0.15) is 43.0 Å². The molecule has 0 radical (unpaired) electrons. The van der Waals surface area contributed by atoms with Gasteiger partial charge in [-0.15, -0.1) is 0 Å². The molecule has 1 aliphatic rings. The second-order valence-corrected chi connectivity index (χ2v) is 5.83. The normalized spacial score (nSPS) is 15.3. The number of halogens is 1. The van der Waals surface area contributed by atoms with Gasteiger partial charge in [0.2, 0.25) is 0 Å². The number of hydrogen-bond acceptors (Lipinski definition) is 3. The molecule has 0 spiro atoms. The van der Waals surface area contributed by atoms with Crippen molar-refractivity contribution in [2.75, 3.05) is 25.5 Å². The van der Waals surface area contributed by atoms with Crippen LogP contribution in [0.25, 0.3) is 0 Å². The first-order valence-electron chi connectivity index (χ1n) is 7.26. The second-order valence-electron chi connectivity index (χ2n) is 5.42. The molecule has 1 aliphatic carbocycles. The summed E-state index contributed by atoms with van der Waals surface area (Å²) in [6.07, 6.45) is 6.64. The van der Waals surface area contributed by atoms with Gasteiger partial charge in [0.25, 0.3) is 5.91 Å². The highest BCUT2D eigenvalue weighted by Crippen LogP contribution is 2.26. The molecule has 0 atom stereocenters. The Morgan fingerprint density at radius 1 is 1.50 bits per heavy atom. The Kier molecular flexibility index (Phi) is 5.24. The number of nitrogens with one attached hydrogen (secondary N) is 1. The summed E-state index contributed by atoms with van der Waals surface area (Å²) in [5, 5.41) is 3.55. The van der Waals surface area contributed by atoms with E-state index in [1.807, 2.05) is 14.0 Å². The van der Waals surface area contributed by atoms with Gasteiger partial charge in [0.1, 0.15) is 5.82 Å². The fraction of sp³-hybridized carbons (Fsp3) is 0.600. The number of carbonyl (C=O) groups is 1. The lowest BCUT2D eigenvalue weighted by Crippen LogP contribution is -2.31. The summed E-state index contributed by atoms with van der Waals surface area (Å²) >= 11 is 6.13. The number of amides is 1. The van der Waals surface area contributed by atoms with Gasteiger partial charge in [-0.25, -0.2) is 4.98 Å². The molecule has 1 aromatic heterocycles. The number of nitrogens with zero attached hydrogens (tertiary/aromatic N) is 2. The van der Waals surface area contributed by atoms with Crippen molar-refractivity contribution in [2.24, 2.45) is 5.92 Å². The van der Waals surface area contributed by atoms with Crippen LogP contribution < -0.4 is 5.32 Å². The fourth-order valence-corrected chi connectivity index (χ4v) is 2.97. The van der Waals surface area contributed by atoms with Crippen LogP contribution in [0.5, 0.6) is 0 Å². The van der Waals surface area contributed by atoms with Crippen molar-refractivity contribution in [1.29, 1.82) is 0 Å². The lowest BCUT2D eigenvalue weighted by molar-refractivity contribution is 0.0773. The minimum atomic E-state index is -0.00523. The van der Waals surface area contributed by atoms with Crippen molar-refractivity contribution in [2.45, 2.75) is 32.6 Å². The quantitative estimate of drug-likeness (QED) is 0.905. The van der Waals surface area contributed by atoms with E-state index in [1.165, 1.54) is 25.7 Å². The topological polar surface area (TPSA) is 45.2 Å². The maximum absolute atomic E-state index is 12.4. The first-order valence-corrected chi connectivity index (χ1v) is 7.64. The van der Waals surface area contributed by atoms with E-state index in [4.69, 9.17) is 11.6 Å². The molecule has 110 valence electrons. The van der Waals surface area contributed by atoms with E-state index < -0.39 is 0 Å². The Labute approximate surface area is 125 Å². The van der Waals surface area contributed by atoms with Crippen LogP contribution >= 0.6 is 11.6 Å². The summed E-state index contributed by atoms with van der Waals surface area (Å²) in [6, 6.07) is 1.69. The van der Waals surface area contributed by atoms with Crippen molar-refractivity contribution >= 4 is 23.3 Å². The molecular weight excluding hydrogens is 274 g/mol. The average molecular weight is 296 g/mol. The minimum absolute atomic E-state index is 0.00523. The Balaban J connectivity index is 2.02. The number of aromatic nitrogens is 1. The molecule has 1 heterocycles. The van der Waals surface area contributed by atoms with Gasteiger partial charge in [-0.3, -0.25) is 4.79 Å². The van der Waals surface area contributed by atoms with Gasteiger partial charge >= 0.3 is 0 Å². The largest absolute Gasteiger partial charge is 0.369 e. The van der Waals surface area contributed by atoms with Gasteiger partial charge in [-0.1, -0.05) is 24.4 Å². The SMILES string of the molecule is CCNc1ncc(C(=O)N(C)CC2CCCC2)cc1Cl. The van der Waals surface area contributed by atoms with E-state index >= 15 is 0 Å². The Hall–Kier alpha value is -1.29.